The Bertz CT molecular complexity index is 1040. The molecule has 3 rings (SSSR count). The highest BCUT2D eigenvalue weighted by Crippen LogP contribution is 2.24. The topological polar surface area (TPSA) is 66.5 Å². The van der Waals surface area contributed by atoms with E-state index >= 15 is 0 Å². The molecule has 1 aliphatic rings. The van der Waals surface area contributed by atoms with Gasteiger partial charge in [-0.05, 0) is 31.0 Å². The van der Waals surface area contributed by atoms with E-state index in [1.807, 2.05) is 0 Å². The molecule has 1 heterocycles. The number of hydrogen-bond donors (Lipinski definition) is 1. The third kappa shape index (κ3) is 5.43. The van der Waals surface area contributed by atoms with Gasteiger partial charge in [0.15, 0.2) is 17.5 Å². The molecule has 0 spiro atoms. The average molecular weight is 458 g/mol. The molecule has 0 saturated carbocycles. The van der Waals surface area contributed by atoms with Gasteiger partial charge < -0.3 is 5.32 Å². The van der Waals surface area contributed by atoms with Gasteiger partial charge in [0.05, 0.1) is 0 Å². The molecule has 0 unspecified atom stereocenters. The number of halogens is 4. The summed E-state index contributed by atoms with van der Waals surface area (Å²) in [5.74, 6) is -6.60. The zero-order chi connectivity index (χ0) is 22.6. The van der Waals surface area contributed by atoms with Crippen LogP contribution < -0.4 is 5.32 Å². The summed E-state index contributed by atoms with van der Waals surface area (Å²) in [6.07, 6.45) is 5.10. The van der Waals surface area contributed by atoms with Crippen LogP contribution in [-0.2, 0) is 10.0 Å². The van der Waals surface area contributed by atoms with Gasteiger partial charge in [-0.3, -0.25) is 4.79 Å². The van der Waals surface area contributed by atoms with E-state index in [9.17, 15) is 30.8 Å². The summed E-state index contributed by atoms with van der Waals surface area (Å²) in [6.45, 7) is 0.513. The van der Waals surface area contributed by atoms with Crippen molar-refractivity contribution in [3.63, 3.8) is 0 Å². The molecule has 10 heteroatoms. The Morgan fingerprint density at radius 1 is 0.806 bits per heavy atom. The van der Waals surface area contributed by atoms with Crippen molar-refractivity contribution in [1.82, 2.24) is 4.31 Å². The fourth-order valence-corrected chi connectivity index (χ4v) is 5.06. The number of anilines is 1. The Labute approximate surface area is 178 Å². The first-order chi connectivity index (χ1) is 14.7. The van der Waals surface area contributed by atoms with E-state index in [0.29, 0.717) is 25.0 Å². The molecule has 168 valence electrons. The molecule has 2 aromatic rings. The van der Waals surface area contributed by atoms with Gasteiger partial charge in [0, 0.05) is 36.5 Å². The molecule has 5 nitrogen and oxygen atoms in total. The second kappa shape index (κ2) is 9.78. The van der Waals surface area contributed by atoms with Crippen LogP contribution in [0.5, 0.6) is 0 Å². The summed E-state index contributed by atoms with van der Waals surface area (Å²) >= 11 is 0. The maximum Gasteiger partial charge on any atom is 0.255 e. The molecule has 0 bridgehead atoms. The van der Waals surface area contributed by atoms with E-state index in [4.69, 9.17) is 0 Å². The summed E-state index contributed by atoms with van der Waals surface area (Å²) in [4.78, 5) is 11.8. The molecule has 0 atom stereocenters. The standard InChI is InChI=1S/C21H22F4N2O3S/c22-16-8-7-14(21(28)26-15-12-17(23)20(25)18(24)13-15)11-19(16)31(29,30)27-9-5-3-1-2-4-6-10-27/h7-8,11-13H,1-6,9-10H2,(H,26,28). The van der Waals surface area contributed by atoms with Crippen LogP contribution in [-0.4, -0.2) is 31.7 Å². The molecule has 0 aliphatic carbocycles. The van der Waals surface area contributed by atoms with Crippen LogP contribution in [0, 0.1) is 23.3 Å². The van der Waals surface area contributed by atoms with Crippen LogP contribution in [0.15, 0.2) is 35.2 Å². The van der Waals surface area contributed by atoms with Crippen molar-refractivity contribution in [3.8, 4) is 0 Å². The highest BCUT2D eigenvalue weighted by molar-refractivity contribution is 7.89. The van der Waals surface area contributed by atoms with E-state index in [1.165, 1.54) is 4.31 Å². The maximum atomic E-state index is 14.4. The summed E-state index contributed by atoms with van der Waals surface area (Å²) < 4.78 is 81.6. The molecular weight excluding hydrogens is 436 g/mol. The lowest BCUT2D eigenvalue weighted by Crippen LogP contribution is -2.33. The molecule has 1 N–H and O–H groups in total. The van der Waals surface area contributed by atoms with E-state index in [2.05, 4.69) is 5.32 Å². The minimum Gasteiger partial charge on any atom is -0.322 e. The number of carbonyl (C=O) groups excluding carboxylic acids is 1. The smallest absolute Gasteiger partial charge is 0.255 e. The monoisotopic (exact) mass is 458 g/mol. The van der Waals surface area contributed by atoms with Crippen LogP contribution in [0.1, 0.15) is 48.9 Å². The van der Waals surface area contributed by atoms with Gasteiger partial charge in [0.2, 0.25) is 10.0 Å². The van der Waals surface area contributed by atoms with Crippen molar-refractivity contribution in [2.45, 2.75) is 43.4 Å². The SMILES string of the molecule is O=C(Nc1cc(F)c(F)c(F)c1)c1ccc(F)c(S(=O)(=O)N2CCCCCCCC2)c1. The molecule has 1 aliphatic heterocycles. The number of rotatable bonds is 4. The number of sulfonamides is 1. The Morgan fingerprint density at radius 2 is 1.35 bits per heavy atom. The Morgan fingerprint density at radius 3 is 1.94 bits per heavy atom. The molecule has 0 radical (unpaired) electrons. The first kappa shape index (κ1) is 23.2. The number of benzene rings is 2. The minimum absolute atomic E-state index is 0.227. The largest absolute Gasteiger partial charge is 0.322 e. The van der Waals surface area contributed by atoms with E-state index in [0.717, 1.165) is 43.9 Å². The second-order valence-corrected chi connectivity index (χ2v) is 9.28. The molecule has 2 aromatic carbocycles. The van der Waals surface area contributed by atoms with Crippen molar-refractivity contribution < 1.29 is 30.8 Å². The number of nitrogens with one attached hydrogen (secondary N) is 1. The molecule has 1 saturated heterocycles. The summed E-state index contributed by atoms with van der Waals surface area (Å²) in [6, 6.07) is 3.96. The highest BCUT2D eigenvalue weighted by Gasteiger charge is 2.28. The van der Waals surface area contributed by atoms with Crippen LogP contribution in [0.3, 0.4) is 0 Å². The fraction of sp³-hybridized carbons (Fsp3) is 0.381. The fourth-order valence-electron chi connectivity index (χ4n) is 3.45. The minimum atomic E-state index is -4.19. The van der Waals surface area contributed by atoms with Gasteiger partial charge in [-0.1, -0.05) is 25.7 Å². The van der Waals surface area contributed by atoms with Gasteiger partial charge in [0.1, 0.15) is 10.7 Å². The molecule has 31 heavy (non-hydrogen) atoms. The van der Waals surface area contributed by atoms with Gasteiger partial charge in [-0.25, -0.2) is 26.0 Å². The zero-order valence-corrected chi connectivity index (χ0v) is 17.5. The lowest BCUT2D eigenvalue weighted by Gasteiger charge is -2.22. The Kier molecular flexibility index (Phi) is 7.32. The van der Waals surface area contributed by atoms with Gasteiger partial charge in [-0.2, -0.15) is 4.31 Å². The molecular formula is C21H22F4N2O3S. The molecule has 1 amide bonds. The predicted molar refractivity (Wildman–Crippen MR) is 107 cm³/mol. The Hall–Kier alpha value is -2.46. The summed E-state index contributed by atoms with van der Waals surface area (Å²) in [7, 11) is -4.19. The Balaban J connectivity index is 1.87. The lowest BCUT2D eigenvalue weighted by molar-refractivity contribution is 0.102. The van der Waals surface area contributed by atoms with Crippen LogP contribution in [0.25, 0.3) is 0 Å². The number of nitrogens with zero attached hydrogens (tertiary/aromatic N) is 1. The maximum absolute atomic E-state index is 14.4. The average Bonchev–Trinajstić information content (AvgIpc) is 2.86. The van der Waals surface area contributed by atoms with Crippen molar-refractivity contribution in [3.05, 3.63) is 59.2 Å². The van der Waals surface area contributed by atoms with Crippen molar-refractivity contribution in [2.24, 2.45) is 0 Å². The second-order valence-electron chi connectivity index (χ2n) is 7.38. The van der Waals surface area contributed by atoms with E-state index in [1.54, 1.807) is 0 Å². The van der Waals surface area contributed by atoms with Gasteiger partial charge in [-0.15, -0.1) is 0 Å². The van der Waals surface area contributed by atoms with Gasteiger partial charge >= 0.3 is 0 Å². The first-order valence-corrected chi connectivity index (χ1v) is 11.4. The number of carbonyl (C=O) groups is 1. The molecule has 1 fully saturated rings. The van der Waals surface area contributed by atoms with Crippen molar-refractivity contribution >= 4 is 21.6 Å². The number of amides is 1. The van der Waals surface area contributed by atoms with Crippen molar-refractivity contribution in [1.29, 1.82) is 0 Å². The third-order valence-electron chi connectivity index (χ3n) is 5.12. The third-order valence-corrected chi connectivity index (χ3v) is 7.03. The lowest BCUT2D eigenvalue weighted by atomic mass is 10.1. The number of hydrogen-bond acceptors (Lipinski definition) is 3. The predicted octanol–water partition coefficient (Wildman–Crippen LogP) is 4.84. The first-order valence-electron chi connectivity index (χ1n) is 9.96. The van der Waals surface area contributed by atoms with Crippen LogP contribution in [0.4, 0.5) is 23.2 Å². The van der Waals surface area contributed by atoms with Crippen LogP contribution >= 0.6 is 0 Å². The van der Waals surface area contributed by atoms with Crippen LogP contribution in [0.2, 0.25) is 0 Å². The summed E-state index contributed by atoms with van der Waals surface area (Å²) in [5, 5.41) is 2.15. The normalized spacial score (nSPS) is 16.3. The zero-order valence-electron chi connectivity index (χ0n) is 16.6. The van der Waals surface area contributed by atoms with Crippen molar-refractivity contribution in [2.75, 3.05) is 18.4 Å². The summed E-state index contributed by atoms with van der Waals surface area (Å²) in [5.41, 5.74) is -0.593. The molecule has 0 aromatic heterocycles. The van der Waals surface area contributed by atoms with E-state index < -0.39 is 44.1 Å². The quantitative estimate of drug-likeness (QED) is 0.527. The highest BCUT2D eigenvalue weighted by atomic mass is 32.2. The van der Waals surface area contributed by atoms with Gasteiger partial charge in [0.25, 0.3) is 5.91 Å². The van der Waals surface area contributed by atoms with E-state index in [-0.39, 0.29) is 24.3 Å².